The van der Waals surface area contributed by atoms with Gasteiger partial charge in [-0.1, -0.05) is 13.8 Å². The number of nitrogens with zero attached hydrogens (tertiary/aromatic N) is 11. The molecule has 4 unspecified atom stereocenters. The molecule has 6 aromatic rings. The molecule has 320 valence electrons. The van der Waals surface area contributed by atoms with E-state index in [9.17, 15) is 19.2 Å². The molecule has 4 fully saturated rings. The van der Waals surface area contributed by atoms with Gasteiger partial charge in [-0.05, 0) is 44.1 Å². The molecule has 21 nitrogen and oxygen atoms in total. The van der Waals surface area contributed by atoms with E-state index in [0.717, 1.165) is 69.5 Å². The fourth-order valence-electron chi connectivity index (χ4n) is 8.31. The number of carbonyl (C=O) groups excluding carboxylic acids is 1. The molecule has 4 saturated heterocycles. The van der Waals surface area contributed by atoms with Crippen LogP contribution in [-0.2, 0) is 9.47 Å². The number of carbonyl (C=O) groups is 2. The summed E-state index contributed by atoms with van der Waals surface area (Å²) in [5.41, 5.74) is 0.949. The number of hydrogen-bond donors (Lipinski definition) is 4. The van der Waals surface area contributed by atoms with Crippen LogP contribution in [0.15, 0.2) is 59.2 Å². The highest BCUT2D eigenvalue weighted by Gasteiger charge is 2.37. The van der Waals surface area contributed by atoms with Gasteiger partial charge >= 0.3 is 5.97 Å². The first-order chi connectivity index (χ1) is 29.7. The van der Waals surface area contributed by atoms with Crippen molar-refractivity contribution in [1.82, 2.24) is 69.3 Å². The molecule has 0 aromatic carbocycles. The second kappa shape index (κ2) is 18.5. The van der Waals surface area contributed by atoms with E-state index >= 15 is 0 Å². The smallest absolute Gasteiger partial charge is 0.356 e. The van der Waals surface area contributed by atoms with Crippen LogP contribution in [0.1, 0.15) is 107 Å². The minimum absolute atomic E-state index is 0.0301. The van der Waals surface area contributed by atoms with Crippen LogP contribution in [0.3, 0.4) is 0 Å². The van der Waals surface area contributed by atoms with E-state index in [4.69, 9.17) is 24.8 Å². The molecule has 4 aliphatic rings. The Balaban J connectivity index is 0.000000144. The van der Waals surface area contributed by atoms with Crippen molar-refractivity contribution in [2.75, 3.05) is 52.6 Å². The van der Waals surface area contributed by atoms with Crippen molar-refractivity contribution in [3.8, 4) is 0 Å². The SMILES string of the molecule is CC1CN(C(=O)c2cnccn2)CC1c1nn2c(C3CCOCC3)ncc2c(=O)[nH]1.CC1CNCC1c1nn2c(C3CCOCC3)ncc2c(=O)[nH]1.O=C(O)c1cnccn1. The summed E-state index contributed by atoms with van der Waals surface area (Å²) in [4.78, 5) is 79.7. The standard InChI is InChI=1S/C20H23N7O3.C15H21N5O2.C5H4N2O2/c1-12-10-26(20(29)15-8-21-4-5-22-15)11-14(12)17-24-19(28)16-9-23-18(27(16)25-17)13-2-6-30-7-3-13;1-9-6-16-7-11(9)13-18-15(21)12-8-17-14(20(12)19-13)10-2-4-22-5-3-10;8-5(9)4-3-6-1-2-7-4/h4-5,8-9,12-14H,2-3,6-7,10-11H2,1H3,(H,24,25,28);8-11,16H,2-7H2,1H3,(H,18,19,21);1-3H,(H,8,9). The Hall–Kier alpha value is -6.32. The van der Waals surface area contributed by atoms with Gasteiger partial charge in [0.25, 0.3) is 17.0 Å². The van der Waals surface area contributed by atoms with Crippen molar-refractivity contribution in [2.45, 2.75) is 63.2 Å². The molecule has 10 heterocycles. The number of H-pyrrole nitrogens is 2. The van der Waals surface area contributed by atoms with Crippen molar-refractivity contribution >= 4 is 22.9 Å². The summed E-state index contributed by atoms with van der Waals surface area (Å²) in [6.07, 6.45) is 15.3. The molecule has 4 N–H and O–H groups in total. The molecule has 4 atom stereocenters. The summed E-state index contributed by atoms with van der Waals surface area (Å²) < 4.78 is 14.3. The molecule has 0 bridgehead atoms. The molecule has 0 aliphatic carbocycles. The molecular formula is C40H48N14O7. The van der Waals surface area contributed by atoms with Crippen LogP contribution in [0.25, 0.3) is 11.0 Å². The van der Waals surface area contributed by atoms with Crippen molar-refractivity contribution < 1.29 is 24.2 Å². The van der Waals surface area contributed by atoms with Gasteiger partial charge in [0.15, 0.2) is 16.7 Å². The predicted octanol–water partition coefficient (Wildman–Crippen LogP) is 1.79. The molecule has 61 heavy (non-hydrogen) atoms. The van der Waals surface area contributed by atoms with Gasteiger partial charge in [-0.15, -0.1) is 0 Å². The average molecular weight is 837 g/mol. The number of imidazole rings is 2. The van der Waals surface area contributed by atoms with E-state index < -0.39 is 5.97 Å². The Kier molecular flexibility index (Phi) is 12.6. The zero-order chi connectivity index (χ0) is 42.5. The number of hydrogen-bond acceptors (Lipinski definition) is 15. The first kappa shape index (κ1) is 41.4. The highest BCUT2D eigenvalue weighted by molar-refractivity contribution is 5.92. The lowest BCUT2D eigenvalue weighted by Crippen LogP contribution is -2.30. The zero-order valence-electron chi connectivity index (χ0n) is 33.9. The molecule has 0 saturated carbocycles. The summed E-state index contributed by atoms with van der Waals surface area (Å²) in [5.74, 6) is 3.16. The fourth-order valence-corrected chi connectivity index (χ4v) is 8.31. The third-order valence-electron chi connectivity index (χ3n) is 11.7. The largest absolute Gasteiger partial charge is 0.476 e. The number of amides is 1. The highest BCUT2D eigenvalue weighted by Crippen LogP contribution is 2.32. The Morgan fingerprint density at radius 2 is 1.18 bits per heavy atom. The van der Waals surface area contributed by atoms with E-state index in [1.807, 2.05) is 0 Å². The molecule has 1 amide bonds. The summed E-state index contributed by atoms with van der Waals surface area (Å²) in [6, 6.07) is 0. The van der Waals surface area contributed by atoms with E-state index in [2.05, 4.69) is 59.0 Å². The quantitative estimate of drug-likeness (QED) is 0.186. The lowest BCUT2D eigenvalue weighted by molar-refractivity contribution is 0.0689. The number of aromatic carboxylic acids is 1. The number of rotatable bonds is 6. The predicted molar refractivity (Wildman–Crippen MR) is 216 cm³/mol. The van der Waals surface area contributed by atoms with Gasteiger partial charge in [-0.25, -0.2) is 33.8 Å². The number of likely N-dealkylation sites (tertiary alicyclic amines) is 1. The Labute approximate surface area is 348 Å². The molecule has 0 radical (unpaired) electrons. The van der Waals surface area contributed by atoms with E-state index in [0.29, 0.717) is 60.7 Å². The second-order valence-corrected chi connectivity index (χ2v) is 15.8. The first-order valence-electron chi connectivity index (χ1n) is 20.5. The third kappa shape index (κ3) is 9.08. The molecular weight excluding hydrogens is 789 g/mol. The Morgan fingerprint density at radius 3 is 1.64 bits per heavy atom. The van der Waals surface area contributed by atoms with Crippen LogP contribution in [-0.4, -0.2) is 134 Å². The van der Waals surface area contributed by atoms with Gasteiger partial charge in [-0.2, -0.15) is 10.2 Å². The summed E-state index contributed by atoms with van der Waals surface area (Å²) in [6.45, 7) is 9.97. The first-order valence-corrected chi connectivity index (χ1v) is 20.5. The number of aromatic amines is 2. The van der Waals surface area contributed by atoms with Gasteiger partial charge in [0, 0.05) is 94.5 Å². The van der Waals surface area contributed by atoms with Crippen molar-refractivity contribution in [3.05, 3.63) is 105 Å². The zero-order valence-corrected chi connectivity index (χ0v) is 33.9. The Morgan fingerprint density at radius 1 is 0.656 bits per heavy atom. The van der Waals surface area contributed by atoms with Gasteiger partial charge < -0.3 is 34.8 Å². The van der Waals surface area contributed by atoms with Gasteiger partial charge in [-0.3, -0.25) is 24.4 Å². The second-order valence-electron chi connectivity index (χ2n) is 15.8. The van der Waals surface area contributed by atoms with Crippen LogP contribution < -0.4 is 16.4 Å². The monoisotopic (exact) mass is 836 g/mol. The van der Waals surface area contributed by atoms with Crippen molar-refractivity contribution in [1.29, 1.82) is 0 Å². The van der Waals surface area contributed by atoms with Crippen molar-refractivity contribution in [3.63, 3.8) is 0 Å². The molecule has 6 aromatic heterocycles. The summed E-state index contributed by atoms with van der Waals surface area (Å²) >= 11 is 0. The van der Waals surface area contributed by atoms with Crippen LogP contribution in [0.4, 0.5) is 0 Å². The van der Waals surface area contributed by atoms with E-state index in [1.54, 1.807) is 26.3 Å². The van der Waals surface area contributed by atoms with E-state index in [-0.39, 0.29) is 46.4 Å². The van der Waals surface area contributed by atoms with Crippen LogP contribution in [0.5, 0.6) is 0 Å². The third-order valence-corrected chi connectivity index (χ3v) is 11.7. The van der Waals surface area contributed by atoms with Gasteiger partial charge in [0.2, 0.25) is 0 Å². The topological polar surface area (TPSA) is 266 Å². The number of aromatic nitrogens is 12. The lowest BCUT2D eigenvalue weighted by Gasteiger charge is -2.21. The van der Waals surface area contributed by atoms with Crippen molar-refractivity contribution in [2.24, 2.45) is 11.8 Å². The fraction of sp³-hybridized carbons (Fsp3) is 0.500. The van der Waals surface area contributed by atoms with Gasteiger partial charge in [0.05, 0.1) is 24.8 Å². The number of carboxylic acids is 1. The molecule has 10 rings (SSSR count). The minimum atomic E-state index is -1.05. The number of carboxylic acid groups (broad SMARTS) is 1. The highest BCUT2D eigenvalue weighted by atomic mass is 16.5. The average Bonchev–Trinajstić information content (AvgIpc) is 4.11. The number of ether oxygens (including phenoxy) is 2. The molecule has 21 heteroatoms. The maximum Gasteiger partial charge on any atom is 0.356 e. The molecule has 0 spiro atoms. The Bertz CT molecular complexity index is 2570. The minimum Gasteiger partial charge on any atom is -0.476 e. The lowest BCUT2D eigenvalue weighted by atomic mass is 9.97. The van der Waals surface area contributed by atoms with Crippen LogP contribution >= 0.6 is 0 Å². The van der Waals surface area contributed by atoms with Crippen LogP contribution in [0.2, 0.25) is 0 Å². The maximum atomic E-state index is 12.8. The van der Waals surface area contributed by atoms with E-state index in [1.165, 1.54) is 37.2 Å². The normalized spacial score (nSPS) is 22.1. The summed E-state index contributed by atoms with van der Waals surface area (Å²) in [7, 11) is 0. The maximum absolute atomic E-state index is 12.8. The number of fused-ring (bicyclic) bond motifs is 2. The summed E-state index contributed by atoms with van der Waals surface area (Å²) in [5, 5.41) is 21.1. The number of nitrogens with one attached hydrogen (secondary N) is 3. The van der Waals surface area contributed by atoms with Crippen LogP contribution in [0, 0.1) is 11.8 Å². The van der Waals surface area contributed by atoms with Gasteiger partial charge in [0.1, 0.15) is 29.0 Å². The molecule has 4 aliphatic heterocycles.